The second kappa shape index (κ2) is 9.39. The number of aliphatic carboxylic acids is 1. The zero-order valence-electron chi connectivity index (χ0n) is 11.1. The van der Waals surface area contributed by atoms with Gasteiger partial charge in [-0.3, -0.25) is 4.79 Å². The Morgan fingerprint density at radius 1 is 1.25 bits per heavy atom. The molecule has 3 N–H and O–H groups in total. The fraction of sp³-hybridized carbons (Fsp3) is 0.429. The van der Waals surface area contributed by atoms with Gasteiger partial charge >= 0.3 is 5.97 Å². The van der Waals surface area contributed by atoms with Crippen LogP contribution in [0, 0.1) is 0 Å². The van der Waals surface area contributed by atoms with E-state index in [9.17, 15) is 9.59 Å². The predicted octanol–water partition coefficient (Wildman–Crippen LogP) is 0.914. The molecule has 0 fully saturated rings. The van der Waals surface area contributed by atoms with Gasteiger partial charge in [-0.15, -0.1) is 0 Å². The van der Waals surface area contributed by atoms with Crippen LogP contribution in [0.3, 0.4) is 0 Å². The first-order valence-electron chi connectivity index (χ1n) is 6.38. The molecular formula is C14H19NO4S. The number of carbonyl (C=O) groups is 2. The van der Waals surface area contributed by atoms with E-state index >= 15 is 0 Å². The molecule has 0 unspecified atom stereocenters. The van der Waals surface area contributed by atoms with Gasteiger partial charge in [-0.1, -0.05) is 30.3 Å². The smallest absolute Gasteiger partial charge is 0.326 e. The highest BCUT2D eigenvalue weighted by Gasteiger charge is 2.18. The number of aliphatic hydroxyl groups excluding tert-OH is 1. The van der Waals surface area contributed by atoms with Gasteiger partial charge in [0.15, 0.2) is 0 Å². The SMILES string of the molecule is O=C(CSCCc1ccccc1)N[C@@H](CCO)C(=O)O. The van der Waals surface area contributed by atoms with Gasteiger partial charge in [0.2, 0.25) is 5.91 Å². The molecule has 0 bridgehead atoms. The van der Waals surface area contributed by atoms with Gasteiger partial charge in [0.05, 0.1) is 5.75 Å². The Kier molecular flexibility index (Phi) is 7.75. The Labute approximate surface area is 122 Å². The quantitative estimate of drug-likeness (QED) is 0.590. The van der Waals surface area contributed by atoms with Crippen molar-refractivity contribution in [2.24, 2.45) is 0 Å². The second-order valence-electron chi connectivity index (χ2n) is 4.26. The molecule has 1 rings (SSSR count). The molecule has 1 aromatic carbocycles. The molecule has 20 heavy (non-hydrogen) atoms. The van der Waals surface area contributed by atoms with E-state index < -0.39 is 12.0 Å². The third-order valence-electron chi connectivity index (χ3n) is 2.66. The van der Waals surface area contributed by atoms with E-state index in [1.807, 2.05) is 30.3 Å². The number of aliphatic hydroxyl groups is 1. The van der Waals surface area contributed by atoms with Crippen LogP contribution in [0.2, 0.25) is 0 Å². The highest BCUT2D eigenvalue weighted by molar-refractivity contribution is 7.99. The van der Waals surface area contributed by atoms with Crippen molar-refractivity contribution in [2.75, 3.05) is 18.1 Å². The maximum atomic E-state index is 11.6. The number of rotatable bonds is 9. The van der Waals surface area contributed by atoms with Gasteiger partial charge in [-0.05, 0) is 17.7 Å². The summed E-state index contributed by atoms with van der Waals surface area (Å²) in [5.74, 6) is -0.414. The second-order valence-corrected chi connectivity index (χ2v) is 5.36. The van der Waals surface area contributed by atoms with Crippen molar-refractivity contribution in [2.45, 2.75) is 18.9 Å². The molecule has 5 nitrogen and oxygen atoms in total. The van der Waals surface area contributed by atoms with Crippen LogP contribution in [0.15, 0.2) is 30.3 Å². The summed E-state index contributed by atoms with van der Waals surface area (Å²) in [6, 6.07) is 8.95. The van der Waals surface area contributed by atoms with Crippen molar-refractivity contribution in [3.63, 3.8) is 0 Å². The largest absolute Gasteiger partial charge is 0.480 e. The number of aryl methyl sites for hydroxylation is 1. The van der Waals surface area contributed by atoms with Crippen molar-refractivity contribution in [3.05, 3.63) is 35.9 Å². The lowest BCUT2D eigenvalue weighted by molar-refractivity contribution is -0.141. The lowest BCUT2D eigenvalue weighted by atomic mass is 10.2. The van der Waals surface area contributed by atoms with E-state index in [0.717, 1.165) is 12.2 Å². The molecule has 1 atom stereocenters. The molecule has 0 spiro atoms. The van der Waals surface area contributed by atoms with E-state index in [2.05, 4.69) is 5.32 Å². The number of carboxylic acids is 1. The lowest BCUT2D eigenvalue weighted by Crippen LogP contribution is -2.42. The number of carboxylic acid groups (broad SMARTS) is 1. The number of thioether (sulfide) groups is 1. The minimum absolute atomic E-state index is 0.0236. The number of amides is 1. The molecule has 0 aliphatic carbocycles. The summed E-state index contributed by atoms with van der Waals surface area (Å²) in [7, 11) is 0. The van der Waals surface area contributed by atoms with Crippen LogP contribution < -0.4 is 5.32 Å². The molecule has 0 aliphatic rings. The van der Waals surface area contributed by atoms with Crippen LogP contribution in [0.25, 0.3) is 0 Å². The van der Waals surface area contributed by atoms with Crippen molar-refractivity contribution in [1.29, 1.82) is 0 Å². The molecule has 1 aromatic rings. The van der Waals surface area contributed by atoms with Crippen molar-refractivity contribution >= 4 is 23.6 Å². The van der Waals surface area contributed by atoms with Gasteiger partial charge in [0, 0.05) is 13.0 Å². The van der Waals surface area contributed by atoms with Crippen LogP contribution in [0.1, 0.15) is 12.0 Å². The number of hydrogen-bond acceptors (Lipinski definition) is 4. The summed E-state index contributed by atoms with van der Waals surface area (Å²) in [4.78, 5) is 22.4. The van der Waals surface area contributed by atoms with Crippen LogP contribution in [0.4, 0.5) is 0 Å². The van der Waals surface area contributed by atoms with Gasteiger partial charge in [-0.25, -0.2) is 4.79 Å². The van der Waals surface area contributed by atoms with E-state index in [-0.39, 0.29) is 24.7 Å². The van der Waals surface area contributed by atoms with Crippen molar-refractivity contribution < 1.29 is 19.8 Å². The third-order valence-corrected chi connectivity index (χ3v) is 3.62. The molecular weight excluding hydrogens is 278 g/mol. The number of nitrogens with one attached hydrogen (secondary N) is 1. The first-order chi connectivity index (χ1) is 9.63. The Bertz CT molecular complexity index is 424. The third kappa shape index (κ3) is 6.58. The maximum absolute atomic E-state index is 11.6. The molecule has 1 amide bonds. The summed E-state index contributed by atoms with van der Waals surface area (Å²) >= 11 is 1.46. The standard InChI is InChI=1S/C14H19NO4S/c16-8-6-12(14(18)19)15-13(17)10-20-9-7-11-4-2-1-3-5-11/h1-5,12,16H,6-10H2,(H,15,17)(H,18,19)/t12-/m0/s1. The molecule has 0 saturated heterocycles. The summed E-state index contributed by atoms with van der Waals surface area (Å²) in [5.41, 5.74) is 1.21. The summed E-state index contributed by atoms with van der Waals surface area (Å²) in [6.07, 6.45) is 0.896. The average molecular weight is 297 g/mol. The fourth-order valence-electron chi connectivity index (χ4n) is 1.62. The van der Waals surface area contributed by atoms with E-state index in [1.165, 1.54) is 17.3 Å². The molecule has 0 heterocycles. The minimum atomic E-state index is -1.12. The first kappa shape index (κ1) is 16.5. The molecule has 0 radical (unpaired) electrons. The highest BCUT2D eigenvalue weighted by atomic mass is 32.2. The summed E-state index contributed by atoms with van der Waals surface area (Å²) in [6.45, 7) is -0.265. The Hall–Kier alpha value is -1.53. The normalized spacial score (nSPS) is 11.8. The average Bonchev–Trinajstić information content (AvgIpc) is 2.44. The number of hydrogen-bond donors (Lipinski definition) is 3. The van der Waals surface area contributed by atoms with E-state index in [4.69, 9.17) is 10.2 Å². The van der Waals surface area contributed by atoms with E-state index in [0.29, 0.717) is 0 Å². The maximum Gasteiger partial charge on any atom is 0.326 e. The minimum Gasteiger partial charge on any atom is -0.480 e. The van der Waals surface area contributed by atoms with Crippen LogP contribution in [-0.4, -0.2) is 46.2 Å². The number of carbonyl (C=O) groups excluding carboxylic acids is 1. The number of benzene rings is 1. The van der Waals surface area contributed by atoms with Crippen LogP contribution >= 0.6 is 11.8 Å². The summed E-state index contributed by atoms with van der Waals surface area (Å²) in [5, 5.41) is 20.0. The van der Waals surface area contributed by atoms with Crippen LogP contribution in [-0.2, 0) is 16.0 Å². The molecule has 6 heteroatoms. The molecule has 110 valence electrons. The lowest BCUT2D eigenvalue weighted by Gasteiger charge is -2.12. The van der Waals surface area contributed by atoms with Crippen molar-refractivity contribution in [1.82, 2.24) is 5.32 Å². The van der Waals surface area contributed by atoms with Gasteiger partial charge in [-0.2, -0.15) is 11.8 Å². The van der Waals surface area contributed by atoms with Gasteiger partial charge in [0.25, 0.3) is 0 Å². The molecule has 0 saturated carbocycles. The van der Waals surface area contributed by atoms with Crippen molar-refractivity contribution in [3.8, 4) is 0 Å². The van der Waals surface area contributed by atoms with Gasteiger partial charge < -0.3 is 15.5 Å². The fourth-order valence-corrected chi connectivity index (χ4v) is 2.42. The zero-order chi connectivity index (χ0) is 14.8. The first-order valence-corrected chi connectivity index (χ1v) is 7.53. The monoisotopic (exact) mass is 297 g/mol. The predicted molar refractivity (Wildman–Crippen MR) is 78.7 cm³/mol. The molecule has 0 aliphatic heterocycles. The van der Waals surface area contributed by atoms with Gasteiger partial charge in [0.1, 0.15) is 6.04 Å². The Balaban J connectivity index is 2.21. The summed E-state index contributed by atoms with van der Waals surface area (Å²) < 4.78 is 0. The zero-order valence-corrected chi connectivity index (χ0v) is 11.9. The highest BCUT2D eigenvalue weighted by Crippen LogP contribution is 2.07. The Morgan fingerprint density at radius 3 is 2.55 bits per heavy atom. The Morgan fingerprint density at radius 2 is 1.95 bits per heavy atom. The topological polar surface area (TPSA) is 86.6 Å². The molecule has 0 aromatic heterocycles. The van der Waals surface area contributed by atoms with Crippen LogP contribution in [0.5, 0.6) is 0 Å². The van der Waals surface area contributed by atoms with E-state index in [1.54, 1.807) is 0 Å².